The topological polar surface area (TPSA) is 65.5 Å². The number of carbonyl (C=O) groups is 1. The Morgan fingerprint density at radius 2 is 1.70 bits per heavy atom. The van der Waals surface area contributed by atoms with Gasteiger partial charge in [0.25, 0.3) is 0 Å². The zero-order valence-electron chi connectivity index (χ0n) is 16.4. The summed E-state index contributed by atoms with van der Waals surface area (Å²) in [4.78, 5) is 17.7. The second kappa shape index (κ2) is 8.80. The Morgan fingerprint density at radius 1 is 1.00 bits per heavy atom. The van der Waals surface area contributed by atoms with Crippen molar-refractivity contribution in [1.82, 2.24) is 4.98 Å². The maximum absolute atomic E-state index is 11.0. The molecule has 0 amide bonds. The average Bonchev–Trinajstić information content (AvgIpc) is 3.28. The van der Waals surface area contributed by atoms with Gasteiger partial charge in [0, 0.05) is 35.9 Å². The quantitative estimate of drug-likeness (QED) is 0.394. The van der Waals surface area contributed by atoms with E-state index in [2.05, 4.69) is 41.7 Å². The Kier molecular flexibility index (Phi) is 5.77. The molecule has 1 heterocycles. The van der Waals surface area contributed by atoms with Crippen molar-refractivity contribution in [1.29, 1.82) is 0 Å². The van der Waals surface area contributed by atoms with E-state index in [9.17, 15) is 4.79 Å². The number of aromatic nitrogens is 1. The van der Waals surface area contributed by atoms with Crippen molar-refractivity contribution in [3.63, 3.8) is 0 Å². The van der Waals surface area contributed by atoms with Crippen LogP contribution in [0.4, 0.5) is 16.5 Å². The first-order chi connectivity index (χ1) is 14.6. The minimum absolute atomic E-state index is 0.271. The van der Waals surface area contributed by atoms with E-state index in [1.165, 1.54) is 5.56 Å². The smallest absolute Gasteiger partial charge is 0.335 e. The molecule has 5 nitrogen and oxygen atoms in total. The summed E-state index contributed by atoms with van der Waals surface area (Å²) in [6.45, 7) is 0.784. The highest BCUT2D eigenvalue weighted by Gasteiger charge is 2.11. The van der Waals surface area contributed by atoms with Crippen molar-refractivity contribution in [2.24, 2.45) is 0 Å². The minimum Gasteiger partial charge on any atom is -0.478 e. The third-order valence-electron chi connectivity index (χ3n) is 4.80. The van der Waals surface area contributed by atoms with Crippen LogP contribution in [0.25, 0.3) is 11.3 Å². The third kappa shape index (κ3) is 4.50. The molecule has 6 heteroatoms. The van der Waals surface area contributed by atoms with Gasteiger partial charge in [0.1, 0.15) is 0 Å². The second-order valence-electron chi connectivity index (χ2n) is 6.84. The number of hydrogen-bond donors (Lipinski definition) is 2. The molecule has 0 saturated heterocycles. The van der Waals surface area contributed by atoms with Crippen LogP contribution in [0.1, 0.15) is 15.9 Å². The summed E-state index contributed by atoms with van der Waals surface area (Å²) in [6.07, 6.45) is 0. The number of nitrogens with one attached hydrogen (secondary N) is 1. The number of thiazole rings is 1. The van der Waals surface area contributed by atoms with Crippen LogP contribution in [0.2, 0.25) is 0 Å². The molecule has 0 spiro atoms. The number of hydrogen-bond acceptors (Lipinski definition) is 5. The molecule has 0 atom stereocenters. The molecule has 0 unspecified atom stereocenters. The van der Waals surface area contributed by atoms with Gasteiger partial charge in [-0.05, 0) is 42.0 Å². The van der Waals surface area contributed by atoms with Crippen LogP contribution in [0.3, 0.4) is 0 Å². The Labute approximate surface area is 179 Å². The third-order valence-corrected chi connectivity index (χ3v) is 5.72. The molecule has 0 aliphatic rings. The second-order valence-corrected chi connectivity index (χ2v) is 7.68. The molecule has 0 aliphatic heterocycles. The minimum atomic E-state index is -0.928. The first kappa shape index (κ1) is 19.7. The molecule has 4 aromatic rings. The first-order valence-electron chi connectivity index (χ1n) is 9.51. The van der Waals surface area contributed by atoms with E-state index in [0.717, 1.165) is 34.3 Å². The predicted molar refractivity (Wildman–Crippen MR) is 123 cm³/mol. The largest absolute Gasteiger partial charge is 0.478 e. The fourth-order valence-corrected chi connectivity index (χ4v) is 3.87. The van der Waals surface area contributed by atoms with Gasteiger partial charge >= 0.3 is 5.97 Å². The maximum atomic E-state index is 11.0. The highest BCUT2D eigenvalue weighted by atomic mass is 32.1. The molecule has 0 fully saturated rings. The summed E-state index contributed by atoms with van der Waals surface area (Å²) in [6, 6.07) is 25.3. The Hall–Kier alpha value is -3.64. The number of rotatable bonds is 7. The van der Waals surface area contributed by atoms with Crippen molar-refractivity contribution in [2.75, 3.05) is 17.3 Å². The summed E-state index contributed by atoms with van der Waals surface area (Å²) in [5.74, 6) is -0.928. The van der Waals surface area contributed by atoms with Crippen molar-refractivity contribution >= 4 is 33.8 Å². The summed E-state index contributed by atoms with van der Waals surface area (Å²) in [7, 11) is 1.93. The van der Waals surface area contributed by atoms with Gasteiger partial charge in [0.05, 0.1) is 11.3 Å². The summed E-state index contributed by atoms with van der Waals surface area (Å²) < 4.78 is 0. The van der Waals surface area contributed by atoms with Gasteiger partial charge in [-0.15, -0.1) is 11.3 Å². The molecule has 3 aromatic carbocycles. The van der Waals surface area contributed by atoms with Crippen molar-refractivity contribution in [3.05, 3.63) is 95.4 Å². The van der Waals surface area contributed by atoms with E-state index in [4.69, 9.17) is 10.1 Å². The maximum Gasteiger partial charge on any atom is 0.335 e. The van der Waals surface area contributed by atoms with Crippen LogP contribution >= 0.6 is 11.3 Å². The lowest BCUT2D eigenvalue weighted by Gasteiger charge is -2.15. The molecule has 150 valence electrons. The van der Waals surface area contributed by atoms with Crippen LogP contribution in [-0.4, -0.2) is 23.1 Å². The standard InChI is InChI=1S/C24H21N3O2S/c1-27(21-13-9-19(10-14-21)23(28)29)24-26-22(16-30-24)18-7-11-20(12-8-18)25-15-17-5-3-2-4-6-17/h2-14,16,25H,15H2,1H3,(H,28,29). The molecular weight excluding hydrogens is 394 g/mol. The van der Waals surface area contributed by atoms with Crippen LogP contribution < -0.4 is 10.2 Å². The zero-order valence-corrected chi connectivity index (χ0v) is 17.3. The molecule has 0 saturated carbocycles. The number of carboxylic acid groups (broad SMARTS) is 1. The number of nitrogens with zero attached hydrogens (tertiary/aromatic N) is 2. The number of anilines is 3. The van der Waals surface area contributed by atoms with E-state index >= 15 is 0 Å². The van der Waals surface area contributed by atoms with Crippen LogP contribution in [0.15, 0.2) is 84.2 Å². The SMILES string of the molecule is CN(c1ccc(C(=O)O)cc1)c1nc(-c2ccc(NCc3ccccc3)cc2)cs1. The van der Waals surface area contributed by atoms with Gasteiger partial charge in [-0.1, -0.05) is 42.5 Å². The van der Waals surface area contributed by atoms with E-state index in [1.807, 2.05) is 35.5 Å². The Morgan fingerprint density at radius 3 is 2.37 bits per heavy atom. The lowest BCUT2D eigenvalue weighted by molar-refractivity contribution is 0.0697. The van der Waals surface area contributed by atoms with Crippen LogP contribution in [0, 0.1) is 0 Å². The normalized spacial score (nSPS) is 10.6. The van der Waals surface area contributed by atoms with E-state index in [-0.39, 0.29) is 5.56 Å². The van der Waals surface area contributed by atoms with Gasteiger partial charge in [-0.25, -0.2) is 9.78 Å². The predicted octanol–water partition coefficient (Wildman–Crippen LogP) is 5.89. The number of aromatic carboxylic acids is 1. The summed E-state index contributed by atoms with van der Waals surface area (Å²) in [5.41, 5.74) is 5.43. The molecular formula is C24H21N3O2S. The highest BCUT2D eigenvalue weighted by molar-refractivity contribution is 7.14. The fourth-order valence-electron chi connectivity index (χ4n) is 3.05. The van der Waals surface area contributed by atoms with Gasteiger partial charge in [0.2, 0.25) is 0 Å². The van der Waals surface area contributed by atoms with Gasteiger partial charge in [-0.3, -0.25) is 0 Å². The number of carboxylic acids is 1. The number of benzene rings is 3. The van der Waals surface area contributed by atoms with E-state index < -0.39 is 5.97 Å². The summed E-state index contributed by atoms with van der Waals surface area (Å²) >= 11 is 1.55. The average molecular weight is 416 g/mol. The van der Waals surface area contributed by atoms with Gasteiger partial charge in [-0.2, -0.15) is 0 Å². The van der Waals surface area contributed by atoms with Crippen LogP contribution in [-0.2, 0) is 6.54 Å². The zero-order chi connectivity index (χ0) is 20.9. The molecule has 1 aromatic heterocycles. The highest BCUT2D eigenvalue weighted by Crippen LogP contribution is 2.31. The van der Waals surface area contributed by atoms with E-state index in [1.54, 1.807) is 35.6 Å². The monoisotopic (exact) mass is 415 g/mol. The lowest BCUT2D eigenvalue weighted by Crippen LogP contribution is -2.09. The molecule has 0 bridgehead atoms. The molecule has 4 rings (SSSR count). The van der Waals surface area contributed by atoms with Crippen molar-refractivity contribution in [2.45, 2.75) is 6.54 Å². The van der Waals surface area contributed by atoms with Gasteiger partial charge < -0.3 is 15.3 Å². The first-order valence-corrected chi connectivity index (χ1v) is 10.4. The Bertz CT molecular complexity index is 1120. The summed E-state index contributed by atoms with van der Waals surface area (Å²) in [5, 5.41) is 15.4. The molecule has 0 aliphatic carbocycles. The molecule has 0 radical (unpaired) electrons. The molecule has 30 heavy (non-hydrogen) atoms. The lowest BCUT2D eigenvalue weighted by atomic mass is 10.1. The molecule has 2 N–H and O–H groups in total. The van der Waals surface area contributed by atoms with Crippen molar-refractivity contribution < 1.29 is 9.90 Å². The van der Waals surface area contributed by atoms with Crippen molar-refractivity contribution in [3.8, 4) is 11.3 Å². The van der Waals surface area contributed by atoms with E-state index in [0.29, 0.717) is 0 Å². The van der Waals surface area contributed by atoms with Crippen LogP contribution in [0.5, 0.6) is 0 Å². The van der Waals surface area contributed by atoms with Gasteiger partial charge in [0.15, 0.2) is 5.13 Å². The Balaban J connectivity index is 1.43. The fraction of sp³-hybridized carbons (Fsp3) is 0.0833.